The van der Waals surface area contributed by atoms with Crippen molar-refractivity contribution in [1.29, 1.82) is 0 Å². The smallest absolute Gasteiger partial charge is 0.166 e. The fraction of sp³-hybridized carbons (Fsp3) is 0.0909. The molecule has 0 bridgehead atoms. The number of imidazole rings is 1. The van der Waals surface area contributed by atoms with Crippen molar-refractivity contribution in [2.45, 2.75) is 6.92 Å². The van der Waals surface area contributed by atoms with E-state index in [1.165, 1.54) is 4.70 Å². The van der Waals surface area contributed by atoms with E-state index in [4.69, 9.17) is 0 Å². The number of rotatable bonds is 1. The molecule has 0 fully saturated rings. The fourth-order valence-electron chi connectivity index (χ4n) is 1.49. The Kier molecular flexibility index (Phi) is 1.82. The number of para-hydroxylation sites is 1. The van der Waals surface area contributed by atoms with Gasteiger partial charge in [-0.3, -0.25) is 0 Å². The van der Waals surface area contributed by atoms with E-state index in [0.29, 0.717) is 0 Å². The van der Waals surface area contributed by atoms with Crippen LogP contribution in [-0.2, 0) is 0 Å². The van der Waals surface area contributed by atoms with Crippen molar-refractivity contribution >= 4 is 21.6 Å². The molecule has 2 heterocycles. The first-order valence-electron chi connectivity index (χ1n) is 4.70. The molecule has 0 spiro atoms. The van der Waals surface area contributed by atoms with Crippen LogP contribution in [0.2, 0.25) is 0 Å². The van der Waals surface area contributed by atoms with Crippen molar-refractivity contribution in [3.63, 3.8) is 0 Å². The van der Waals surface area contributed by atoms with E-state index >= 15 is 0 Å². The Labute approximate surface area is 90.8 Å². The molecular weight excluding hydrogens is 206 g/mol. The zero-order chi connectivity index (χ0) is 10.3. The van der Waals surface area contributed by atoms with Crippen LogP contribution in [0.15, 0.2) is 30.5 Å². The first-order valence-corrected chi connectivity index (χ1v) is 5.52. The molecule has 0 aliphatic heterocycles. The minimum atomic E-state index is 0.855. The maximum atomic E-state index is 4.52. The summed E-state index contributed by atoms with van der Waals surface area (Å²) in [6.45, 7) is 1.99. The van der Waals surface area contributed by atoms with Gasteiger partial charge in [0, 0.05) is 11.9 Å². The van der Waals surface area contributed by atoms with Gasteiger partial charge in [0.25, 0.3) is 0 Å². The lowest BCUT2D eigenvalue weighted by Gasteiger charge is -1.85. The van der Waals surface area contributed by atoms with Crippen molar-refractivity contribution in [2.24, 2.45) is 0 Å². The molecule has 0 atom stereocenters. The number of fused-ring (bicyclic) bond motifs is 1. The molecule has 0 saturated heterocycles. The molecule has 3 aromatic rings. The number of hydrogen-bond acceptors (Lipinski definition) is 3. The topological polar surface area (TPSA) is 41.6 Å². The van der Waals surface area contributed by atoms with Gasteiger partial charge >= 0.3 is 0 Å². The van der Waals surface area contributed by atoms with Crippen molar-refractivity contribution in [3.8, 4) is 10.8 Å². The van der Waals surface area contributed by atoms with Crippen LogP contribution in [0.3, 0.4) is 0 Å². The second-order valence-electron chi connectivity index (χ2n) is 3.40. The average Bonchev–Trinajstić information content (AvgIpc) is 2.82. The molecule has 3 nitrogen and oxygen atoms in total. The standard InChI is InChI=1S/C11H9N3S/c1-7-6-12-10(13-7)11-14-8-4-2-3-5-9(8)15-11/h2-6H,1H3,(H,12,13). The minimum absolute atomic E-state index is 0.855. The van der Waals surface area contributed by atoms with E-state index in [-0.39, 0.29) is 0 Å². The van der Waals surface area contributed by atoms with Crippen molar-refractivity contribution in [1.82, 2.24) is 15.0 Å². The summed E-state index contributed by atoms with van der Waals surface area (Å²) in [6, 6.07) is 8.12. The van der Waals surface area contributed by atoms with Crippen LogP contribution in [-0.4, -0.2) is 15.0 Å². The summed E-state index contributed by atoms with van der Waals surface area (Å²) in [5.41, 5.74) is 2.09. The molecule has 3 rings (SSSR count). The minimum Gasteiger partial charge on any atom is -0.340 e. The number of aromatic nitrogens is 3. The Morgan fingerprint density at radius 1 is 1.27 bits per heavy atom. The Morgan fingerprint density at radius 2 is 2.13 bits per heavy atom. The van der Waals surface area contributed by atoms with Gasteiger partial charge in [-0.25, -0.2) is 9.97 Å². The van der Waals surface area contributed by atoms with Crippen LogP contribution in [0.1, 0.15) is 5.69 Å². The molecule has 0 amide bonds. The highest BCUT2D eigenvalue weighted by Crippen LogP contribution is 2.27. The van der Waals surface area contributed by atoms with Gasteiger partial charge in [0.2, 0.25) is 0 Å². The number of nitrogens with one attached hydrogen (secondary N) is 1. The van der Waals surface area contributed by atoms with Crippen molar-refractivity contribution < 1.29 is 0 Å². The Balaban J connectivity index is 2.19. The second-order valence-corrected chi connectivity index (χ2v) is 4.43. The Hall–Kier alpha value is -1.68. The normalized spacial score (nSPS) is 11.0. The summed E-state index contributed by atoms with van der Waals surface area (Å²) in [5, 5.41) is 0.948. The van der Waals surface area contributed by atoms with Gasteiger partial charge in [-0.2, -0.15) is 0 Å². The number of benzene rings is 1. The SMILES string of the molecule is Cc1cnc(-c2nc3ccccc3s2)[nH]1. The highest BCUT2D eigenvalue weighted by atomic mass is 32.1. The van der Waals surface area contributed by atoms with Gasteiger partial charge in [0.15, 0.2) is 10.8 Å². The summed E-state index contributed by atoms with van der Waals surface area (Å²) in [7, 11) is 0. The van der Waals surface area contributed by atoms with E-state index in [9.17, 15) is 0 Å². The van der Waals surface area contributed by atoms with Crippen LogP contribution in [0.5, 0.6) is 0 Å². The molecule has 2 aromatic heterocycles. The zero-order valence-electron chi connectivity index (χ0n) is 8.19. The van der Waals surface area contributed by atoms with E-state index in [0.717, 1.165) is 22.0 Å². The van der Waals surface area contributed by atoms with E-state index < -0.39 is 0 Å². The lowest BCUT2D eigenvalue weighted by Crippen LogP contribution is -1.77. The monoisotopic (exact) mass is 215 g/mol. The third-order valence-electron chi connectivity index (χ3n) is 2.20. The molecule has 0 aliphatic rings. The molecule has 4 heteroatoms. The van der Waals surface area contributed by atoms with Gasteiger partial charge in [-0.15, -0.1) is 11.3 Å². The maximum absolute atomic E-state index is 4.52. The fourth-order valence-corrected chi connectivity index (χ4v) is 2.41. The van der Waals surface area contributed by atoms with Crippen LogP contribution >= 0.6 is 11.3 Å². The molecule has 1 aromatic carbocycles. The number of H-pyrrole nitrogens is 1. The highest BCUT2D eigenvalue weighted by Gasteiger charge is 2.07. The predicted molar refractivity (Wildman–Crippen MR) is 61.9 cm³/mol. The highest BCUT2D eigenvalue weighted by molar-refractivity contribution is 7.21. The Morgan fingerprint density at radius 3 is 2.87 bits per heavy atom. The lowest BCUT2D eigenvalue weighted by atomic mass is 10.3. The largest absolute Gasteiger partial charge is 0.340 e. The molecular formula is C11H9N3S. The predicted octanol–water partition coefficient (Wildman–Crippen LogP) is 2.99. The van der Waals surface area contributed by atoms with Gasteiger partial charge < -0.3 is 4.98 Å². The molecule has 1 N–H and O–H groups in total. The third-order valence-corrected chi connectivity index (χ3v) is 3.24. The van der Waals surface area contributed by atoms with Gasteiger partial charge in [0.1, 0.15) is 0 Å². The molecule has 0 saturated carbocycles. The summed E-state index contributed by atoms with van der Waals surface area (Å²) in [6.07, 6.45) is 1.82. The van der Waals surface area contributed by atoms with E-state index in [1.54, 1.807) is 11.3 Å². The molecule has 74 valence electrons. The van der Waals surface area contributed by atoms with Crippen molar-refractivity contribution in [3.05, 3.63) is 36.2 Å². The summed E-state index contributed by atoms with van der Waals surface area (Å²) in [5.74, 6) is 0.855. The summed E-state index contributed by atoms with van der Waals surface area (Å²) < 4.78 is 1.20. The molecule has 15 heavy (non-hydrogen) atoms. The zero-order valence-corrected chi connectivity index (χ0v) is 9.01. The van der Waals surface area contributed by atoms with Gasteiger partial charge in [0.05, 0.1) is 10.2 Å². The quantitative estimate of drug-likeness (QED) is 0.678. The van der Waals surface area contributed by atoms with Crippen LogP contribution < -0.4 is 0 Å². The lowest BCUT2D eigenvalue weighted by molar-refractivity contribution is 1.24. The second kappa shape index (κ2) is 3.17. The number of nitrogens with zero attached hydrogens (tertiary/aromatic N) is 2. The number of thiazole rings is 1. The van der Waals surface area contributed by atoms with Crippen molar-refractivity contribution in [2.75, 3.05) is 0 Å². The van der Waals surface area contributed by atoms with Crippen LogP contribution in [0.25, 0.3) is 21.0 Å². The number of aromatic amines is 1. The van der Waals surface area contributed by atoms with Gasteiger partial charge in [-0.1, -0.05) is 12.1 Å². The summed E-state index contributed by atoms with van der Waals surface area (Å²) in [4.78, 5) is 12.0. The first-order chi connectivity index (χ1) is 7.33. The number of aryl methyl sites for hydroxylation is 1. The van der Waals surface area contributed by atoms with Crippen LogP contribution in [0.4, 0.5) is 0 Å². The summed E-state index contributed by atoms with van der Waals surface area (Å²) >= 11 is 1.66. The maximum Gasteiger partial charge on any atom is 0.166 e. The van der Waals surface area contributed by atoms with Crippen LogP contribution in [0, 0.1) is 6.92 Å². The van der Waals surface area contributed by atoms with E-state index in [2.05, 4.69) is 21.0 Å². The van der Waals surface area contributed by atoms with E-state index in [1.807, 2.05) is 31.3 Å². The molecule has 0 unspecified atom stereocenters. The van der Waals surface area contributed by atoms with Gasteiger partial charge in [-0.05, 0) is 19.1 Å². The molecule has 0 aliphatic carbocycles. The third kappa shape index (κ3) is 1.43. The molecule has 0 radical (unpaired) electrons. The number of hydrogen-bond donors (Lipinski definition) is 1. The Bertz CT molecular complexity index is 576. The average molecular weight is 215 g/mol. The first kappa shape index (κ1) is 8.61.